The number of rotatable bonds is 4. The Hall–Kier alpha value is -1.92. The van der Waals surface area contributed by atoms with Crippen molar-refractivity contribution in [2.75, 3.05) is 0 Å². The quantitative estimate of drug-likeness (QED) is 0.941. The summed E-state index contributed by atoms with van der Waals surface area (Å²) in [6.07, 6.45) is 0. The topological polar surface area (TPSA) is 69.4 Å². The summed E-state index contributed by atoms with van der Waals surface area (Å²) in [4.78, 5) is -0.103. The van der Waals surface area contributed by atoms with Crippen LogP contribution in [0.15, 0.2) is 47.4 Å². The van der Waals surface area contributed by atoms with Gasteiger partial charge in [-0.25, -0.2) is 17.9 Å². The molecule has 0 aliphatic rings. The lowest BCUT2D eigenvalue weighted by Crippen LogP contribution is -2.14. The van der Waals surface area contributed by atoms with E-state index in [9.17, 15) is 12.8 Å². The molecule has 0 radical (unpaired) electrons. The van der Waals surface area contributed by atoms with Gasteiger partial charge in [-0.2, -0.15) is 0 Å². The number of aryl methyl sites for hydroxylation is 1. The third-order valence-corrected chi connectivity index (χ3v) is 3.68. The maximum absolute atomic E-state index is 13.5. The molecule has 0 fully saturated rings. The lowest BCUT2D eigenvalue weighted by atomic mass is 10.2. The van der Waals surface area contributed by atoms with Crippen molar-refractivity contribution in [2.24, 2.45) is 5.14 Å². The van der Waals surface area contributed by atoms with Gasteiger partial charge in [-0.1, -0.05) is 24.3 Å². The molecule has 0 aliphatic heterocycles. The Morgan fingerprint density at radius 2 is 1.90 bits per heavy atom. The van der Waals surface area contributed by atoms with Crippen LogP contribution in [0.4, 0.5) is 4.39 Å². The van der Waals surface area contributed by atoms with Gasteiger partial charge in [0.2, 0.25) is 10.0 Å². The summed E-state index contributed by atoms with van der Waals surface area (Å²) in [5.41, 5.74) is 1.08. The Morgan fingerprint density at radius 1 is 1.20 bits per heavy atom. The van der Waals surface area contributed by atoms with E-state index in [0.29, 0.717) is 5.56 Å². The number of hydrogen-bond donors (Lipinski definition) is 1. The van der Waals surface area contributed by atoms with Gasteiger partial charge in [0.25, 0.3) is 0 Å². The SMILES string of the molecule is Cc1ccc(OCc2ccccc2F)c(S(N)(=O)=O)c1. The van der Waals surface area contributed by atoms with E-state index >= 15 is 0 Å². The molecule has 2 aromatic rings. The second-order valence-electron chi connectivity index (χ2n) is 4.38. The summed E-state index contributed by atoms with van der Waals surface area (Å²) in [5, 5.41) is 5.14. The molecule has 0 aromatic heterocycles. The third-order valence-electron chi connectivity index (χ3n) is 2.75. The highest BCUT2D eigenvalue weighted by Gasteiger charge is 2.15. The molecule has 0 saturated heterocycles. The zero-order chi connectivity index (χ0) is 14.8. The highest BCUT2D eigenvalue weighted by Crippen LogP contribution is 2.25. The van der Waals surface area contributed by atoms with E-state index in [4.69, 9.17) is 9.88 Å². The second kappa shape index (κ2) is 5.60. The fraction of sp³-hybridized carbons (Fsp3) is 0.143. The Kier molecular flexibility index (Phi) is 4.06. The van der Waals surface area contributed by atoms with Crippen LogP contribution in [0.1, 0.15) is 11.1 Å². The fourth-order valence-electron chi connectivity index (χ4n) is 1.73. The number of sulfonamides is 1. The molecule has 0 amide bonds. The number of halogens is 1. The molecular weight excluding hydrogens is 281 g/mol. The molecule has 0 spiro atoms. The highest BCUT2D eigenvalue weighted by atomic mass is 32.2. The first-order valence-electron chi connectivity index (χ1n) is 5.87. The summed E-state index contributed by atoms with van der Waals surface area (Å²) >= 11 is 0. The molecule has 0 unspecified atom stereocenters. The molecule has 20 heavy (non-hydrogen) atoms. The summed E-state index contributed by atoms with van der Waals surface area (Å²) in [5.74, 6) is -0.293. The molecule has 106 valence electrons. The van der Waals surface area contributed by atoms with Crippen molar-refractivity contribution in [2.45, 2.75) is 18.4 Å². The van der Waals surface area contributed by atoms with Crippen LogP contribution in [-0.2, 0) is 16.6 Å². The molecule has 2 rings (SSSR count). The van der Waals surface area contributed by atoms with Gasteiger partial charge in [0.05, 0.1) is 0 Å². The van der Waals surface area contributed by atoms with Gasteiger partial charge >= 0.3 is 0 Å². The summed E-state index contributed by atoms with van der Waals surface area (Å²) in [7, 11) is -3.89. The Labute approximate surface area is 117 Å². The molecule has 2 N–H and O–H groups in total. The summed E-state index contributed by atoms with van der Waals surface area (Å²) in [6, 6.07) is 10.8. The van der Waals surface area contributed by atoms with E-state index in [1.807, 2.05) is 0 Å². The smallest absolute Gasteiger partial charge is 0.241 e. The van der Waals surface area contributed by atoms with Gasteiger partial charge < -0.3 is 4.74 Å². The maximum Gasteiger partial charge on any atom is 0.241 e. The number of ether oxygens (including phenoxy) is 1. The van der Waals surface area contributed by atoms with E-state index in [1.165, 1.54) is 18.2 Å². The van der Waals surface area contributed by atoms with Crippen LogP contribution >= 0.6 is 0 Å². The first-order valence-corrected chi connectivity index (χ1v) is 7.42. The van der Waals surface area contributed by atoms with Crippen LogP contribution in [-0.4, -0.2) is 8.42 Å². The van der Waals surface area contributed by atoms with E-state index in [2.05, 4.69) is 0 Å². The molecule has 4 nitrogen and oxygen atoms in total. The minimum Gasteiger partial charge on any atom is -0.487 e. The van der Waals surface area contributed by atoms with Crippen molar-refractivity contribution in [3.8, 4) is 5.75 Å². The van der Waals surface area contributed by atoms with Crippen molar-refractivity contribution in [3.63, 3.8) is 0 Å². The van der Waals surface area contributed by atoms with E-state index in [-0.39, 0.29) is 17.3 Å². The lowest BCUT2D eigenvalue weighted by molar-refractivity contribution is 0.292. The van der Waals surface area contributed by atoms with Crippen LogP contribution in [0.3, 0.4) is 0 Å². The van der Waals surface area contributed by atoms with Gasteiger partial charge in [-0.05, 0) is 30.7 Å². The summed E-state index contributed by atoms with van der Waals surface area (Å²) in [6.45, 7) is 1.67. The Bertz CT molecular complexity index is 729. The van der Waals surface area contributed by atoms with E-state index in [0.717, 1.165) is 5.56 Å². The Morgan fingerprint density at radius 3 is 2.55 bits per heavy atom. The van der Waals surface area contributed by atoms with Gasteiger partial charge in [0.1, 0.15) is 23.1 Å². The fourth-order valence-corrected chi connectivity index (χ4v) is 2.49. The van der Waals surface area contributed by atoms with Crippen LogP contribution in [0.25, 0.3) is 0 Å². The van der Waals surface area contributed by atoms with E-state index < -0.39 is 15.8 Å². The predicted octanol–water partition coefficient (Wildman–Crippen LogP) is 2.36. The number of benzene rings is 2. The monoisotopic (exact) mass is 295 g/mol. The molecule has 0 atom stereocenters. The van der Waals surface area contributed by atoms with Gasteiger partial charge in [0, 0.05) is 5.56 Å². The largest absolute Gasteiger partial charge is 0.487 e. The molecule has 2 aromatic carbocycles. The highest BCUT2D eigenvalue weighted by molar-refractivity contribution is 7.89. The third kappa shape index (κ3) is 3.34. The average molecular weight is 295 g/mol. The molecule has 6 heteroatoms. The van der Waals surface area contributed by atoms with Crippen molar-refractivity contribution in [1.82, 2.24) is 0 Å². The number of primary sulfonamides is 1. The number of nitrogens with two attached hydrogens (primary N) is 1. The van der Waals surface area contributed by atoms with Crippen LogP contribution in [0.2, 0.25) is 0 Å². The molecule has 0 aliphatic carbocycles. The minimum absolute atomic E-state index is 0.0712. The predicted molar refractivity (Wildman–Crippen MR) is 73.3 cm³/mol. The van der Waals surface area contributed by atoms with Crippen LogP contribution in [0, 0.1) is 12.7 Å². The average Bonchev–Trinajstić information content (AvgIpc) is 2.38. The first kappa shape index (κ1) is 14.5. The lowest BCUT2D eigenvalue weighted by Gasteiger charge is -2.11. The standard InChI is InChI=1S/C14H14FNO3S/c1-10-6-7-13(14(8-10)20(16,17)18)19-9-11-4-2-3-5-12(11)15/h2-8H,9H2,1H3,(H2,16,17,18). The van der Waals surface area contributed by atoms with Crippen molar-refractivity contribution >= 4 is 10.0 Å². The minimum atomic E-state index is -3.89. The zero-order valence-electron chi connectivity index (χ0n) is 10.8. The van der Waals surface area contributed by atoms with Crippen LogP contribution < -0.4 is 9.88 Å². The molecule has 0 bridgehead atoms. The Balaban J connectivity index is 2.29. The normalized spacial score (nSPS) is 11.3. The zero-order valence-corrected chi connectivity index (χ0v) is 11.7. The van der Waals surface area contributed by atoms with Crippen molar-refractivity contribution < 1.29 is 17.5 Å². The van der Waals surface area contributed by atoms with Crippen molar-refractivity contribution in [3.05, 3.63) is 59.4 Å². The van der Waals surface area contributed by atoms with Gasteiger partial charge in [-0.15, -0.1) is 0 Å². The number of hydrogen-bond acceptors (Lipinski definition) is 3. The van der Waals surface area contributed by atoms with Crippen molar-refractivity contribution in [1.29, 1.82) is 0 Å². The molecule has 0 saturated carbocycles. The maximum atomic E-state index is 13.5. The van der Waals surface area contributed by atoms with Crippen LogP contribution in [0.5, 0.6) is 5.75 Å². The van der Waals surface area contributed by atoms with E-state index in [1.54, 1.807) is 31.2 Å². The first-order chi connectivity index (χ1) is 9.38. The van der Waals surface area contributed by atoms with Gasteiger partial charge in [0.15, 0.2) is 0 Å². The second-order valence-corrected chi connectivity index (χ2v) is 5.91. The molecule has 0 heterocycles. The molecular formula is C14H14FNO3S. The van der Waals surface area contributed by atoms with Gasteiger partial charge in [-0.3, -0.25) is 0 Å². The summed E-state index contributed by atoms with van der Waals surface area (Å²) < 4.78 is 41.9.